The fourth-order valence-corrected chi connectivity index (χ4v) is 4.03. The van der Waals surface area contributed by atoms with Crippen molar-refractivity contribution in [2.75, 3.05) is 26.7 Å². The Hall–Kier alpha value is -2.76. The minimum Gasteiger partial charge on any atom is -0.497 e. The average molecular weight is 354 g/mol. The van der Waals surface area contributed by atoms with Gasteiger partial charge in [-0.05, 0) is 36.6 Å². The molecular formula is C20H22N2O4. The first-order valence-electron chi connectivity index (χ1n) is 8.85. The topological polar surface area (TPSA) is 63.0 Å². The van der Waals surface area contributed by atoms with E-state index in [0.717, 1.165) is 30.7 Å². The standard InChI is InChI=1S/C20H22N2O4/c1-25-17-4-2-3-15(11-17)12-21-8-6-20(19(21)24)7-9-22(14-20)18(23)16-5-10-26-13-16/h2-5,10-11,13H,6-9,12,14H2,1H3/t20-/m1/s1. The Kier molecular flexibility index (Phi) is 4.18. The minimum atomic E-state index is -0.432. The Morgan fingerprint density at radius 1 is 1.27 bits per heavy atom. The molecule has 2 aromatic rings. The van der Waals surface area contributed by atoms with E-state index >= 15 is 0 Å². The van der Waals surface area contributed by atoms with Crippen LogP contribution >= 0.6 is 0 Å². The summed E-state index contributed by atoms with van der Waals surface area (Å²) in [5, 5.41) is 0. The minimum absolute atomic E-state index is 0.0605. The summed E-state index contributed by atoms with van der Waals surface area (Å²) >= 11 is 0. The van der Waals surface area contributed by atoms with Gasteiger partial charge in [0.15, 0.2) is 0 Å². The van der Waals surface area contributed by atoms with Crippen molar-refractivity contribution in [1.29, 1.82) is 0 Å². The van der Waals surface area contributed by atoms with Crippen molar-refractivity contribution in [2.45, 2.75) is 19.4 Å². The average Bonchev–Trinajstić information content (AvgIpc) is 3.40. The fourth-order valence-electron chi connectivity index (χ4n) is 4.03. The Balaban J connectivity index is 1.44. The number of nitrogens with zero attached hydrogens (tertiary/aromatic N) is 2. The van der Waals surface area contributed by atoms with E-state index in [9.17, 15) is 9.59 Å². The number of rotatable bonds is 4. The molecule has 26 heavy (non-hydrogen) atoms. The van der Waals surface area contributed by atoms with E-state index in [4.69, 9.17) is 9.15 Å². The van der Waals surface area contributed by atoms with Crippen molar-refractivity contribution in [3.05, 3.63) is 54.0 Å². The molecule has 0 aliphatic carbocycles. The highest BCUT2D eigenvalue weighted by molar-refractivity contribution is 5.95. The first-order chi connectivity index (χ1) is 12.6. The van der Waals surface area contributed by atoms with Crippen LogP contribution in [0, 0.1) is 5.41 Å². The number of ether oxygens (including phenoxy) is 1. The summed E-state index contributed by atoms with van der Waals surface area (Å²) in [6, 6.07) is 9.46. The van der Waals surface area contributed by atoms with Crippen LogP contribution in [0.4, 0.5) is 0 Å². The number of carbonyl (C=O) groups excluding carboxylic acids is 2. The van der Waals surface area contributed by atoms with Crippen molar-refractivity contribution in [3.63, 3.8) is 0 Å². The molecule has 6 nitrogen and oxygen atoms in total. The van der Waals surface area contributed by atoms with Gasteiger partial charge in [-0.25, -0.2) is 0 Å². The maximum absolute atomic E-state index is 13.1. The number of benzene rings is 1. The SMILES string of the molecule is COc1cccc(CN2CC[C@]3(CCN(C(=O)c4ccoc4)C3)C2=O)c1. The Bertz CT molecular complexity index is 817. The molecule has 1 aromatic carbocycles. The molecule has 0 unspecified atom stereocenters. The molecule has 2 aliphatic heterocycles. The lowest BCUT2D eigenvalue weighted by atomic mass is 9.85. The molecule has 2 amide bonds. The van der Waals surface area contributed by atoms with Crippen LogP contribution in [-0.2, 0) is 11.3 Å². The molecule has 2 saturated heterocycles. The van der Waals surface area contributed by atoms with Crippen LogP contribution < -0.4 is 4.74 Å². The van der Waals surface area contributed by atoms with E-state index in [1.165, 1.54) is 12.5 Å². The van der Waals surface area contributed by atoms with Crippen LogP contribution in [0.15, 0.2) is 47.3 Å². The van der Waals surface area contributed by atoms with Gasteiger partial charge in [0, 0.05) is 26.2 Å². The fraction of sp³-hybridized carbons (Fsp3) is 0.400. The van der Waals surface area contributed by atoms with E-state index in [0.29, 0.717) is 25.2 Å². The van der Waals surface area contributed by atoms with Gasteiger partial charge in [0.05, 0.1) is 24.4 Å². The van der Waals surface area contributed by atoms with Gasteiger partial charge >= 0.3 is 0 Å². The Morgan fingerprint density at radius 2 is 2.12 bits per heavy atom. The monoisotopic (exact) mass is 354 g/mol. The van der Waals surface area contributed by atoms with E-state index in [1.54, 1.807) is 18.1 Å². The Morgan fingerprint density at radius 3 is 2.88 bits per heavy atom. The molecule has 4 rings (SSSR count). The molecule has 0 saturated carbocycles. The molecule has 0 radical (unpaired) electrons. The third-order valence-electron chi connectivity index (χ3n) is 5.52. The van der Waals surface area contributed by atoms with Crippen LogP contribution in [-0.4, -0.2) is 48.4 Å². The van der Waals surface area contributed by atoms with E-state index in [2.05, 4.69) is 0 Å². The summed E-state index contributed by atoms with van der Waals surface area (Å²) < 4.78 is 10.3. The summed E-state index contributed by atoms with van der Waals surface area (Å²) in [7, 11) is 1.64. The largest absolute Gasteiger partial charge is 0.497 e. The van der Waals surface area contributed by atoms with Crippen molar-refractivity contribution < 1.29 is 18.7 Å². The lowest BCUT2D eigenvalue weighted by molar-refractivity contribution is -0.135. The van der Waals surface area contributed by atoms with E-state index < -0.39 is 5.41 Å². The maximum Gasteiger partial charge on any atom is 0.257 e. The summed E-state index contributed by atoms with van der Waals surface area (Å²) in [5.74, 6) is 0.888. The second-order valence-electron chi connectivity index (χ2n) is 7.10. The third-order valence-corrected chi connectivity index (χ3v) is 5.52. The van der Waals surface area contributed by atoms with Crippen LogP contribution in [0.2, 0.25) is 0 Å². The van der Waals surface area contributed by atoms with Gasteiger partial charge in [0.25, 0.3) is 5.91 Å². The predicted molar refractivity (Wildman–Crippen MR) is 94.7 cm³/mol. The number of carbonyl (C=O) groups is 2. The first kappa shape index (κ1) is 16.7. The number of amides is 2. The first-order valence-corrected chi connectivity index (χ1v) is 8.85. The smallest absolute Gasteiger partial charge is 0.257 e. The highest BCUT2D eigenvalue weighted by Gasteiger charge is 2.51. The van der Waals surface area contributed by atoms with Crippen molar-refractivity contribution in [1.82, 2.24) is 9.80 Å². The van der Waals surface area contributed by atoms with Crippen LogP contribution in [0.25, 0.3) is 0 Å². The Labute approximate surface area is 152 Å². The maximum atomic E-state index is 13.1. The zero-order valence-corrected chi connectivity index (χ0v) is 14.8. The molecular weight excluding hydrogens is 332 g/mol. The van der Waals surface area contributed by atoms with E-state index in [1.807, 2.05) is 29.2 Å². The molecule has 0 N–H and O–H groups in total. The second kappa shape index (κ2) is 6.52. The summed E-state index contributed by atoms with van der Waals surface area (Å²) in [5.41, 5.74) is 1.16. The molecule has 2 aliphatic rings. The second-order valence-corrected chi connectivity index (χ2v) is 7.10. The van der Waals surface area contributed by atoms with Crippen molar-refractivity contribution >= 4 is 11.8 Å². The zero-order chi connectivity index (χ0) is 18.1. The number of methoxy groups -OCH3 is 1. The number of furan rings is 1. The van der Waals surface area contributed by atoms with E-state index in [-0.39, 0.29) is 11.8 Å². The van der Waals surface area contributed by atoms with Crippen LogP contribution in [0.3, 0.4) is 0 Å². The number of hydrogen-bond acceptors (Lipinski definition) is 4. The molecule has 3 heterocycles. The molecule has 1 spiro atoms. The van der Waals surface area contributed by atoms with Gasteiger partial charge in [-0.2, -0.15) is 0 Å². The van der Waals surface area contributed by atoms with Crippen molar-refractivity contribution in [2.24, 2.45) is 5.41 Å². The van der Waals surface area contributed by atoms with Gasteiger partial charge in [0.2, 0.25) is 5.91 Å². The molecule has 1 atom stereocenters. The quantitative estimate of drug-likeness (QED) is 0.846. The highest BCUT2D eigenvalue weighted by Crippen LogP contribution is 2.41. The molecule has 2 fully saturated rings. The summed E-state index contributed by atoms with van der Waals surface area (Å²) in [4.78, 5) is 29.3. The highest BCUT2D eigenvalue weighted by atomic mass is 16.5. The van der Waals surface area contributed by atoms with Gasteiger partial charge in [-0.15, -0.1) is 0 Å². The number of likely N-dealkylation sites (tertiary alicyclic amines) is 2. The van der Waals surface area contributed by atoms with Gasteiger partial charge in [-0.1, -0.05) is 12.1 Å². The summed E-state index contributed by atoms with van der Waals surface area (Å²) in [6.45, 7) is 2.41. The molecule has 1 aromatic heterocycles. The summed E-state index contributed by atoms with van der Waals surface area (Å²) in [6.07, 6.45) is 4.48. The zero-order valence-electron chi connectivity index (χ0n) is 14.8. The predicted octanol–water partition coefficient (Wildman–Crippen LogP) is 2.55. The van der Waals surface area contributed by atoms with Gasteiger partial charge in [-0.3, -0.25) is 9.59 Å². The molecule has 0 bridgehead atoms. The van der Waals surface area contributed by atoms with Gasteiger partial charge in [0.1, 0.15) is 12.0 Å². The number of hydrogen-bond donors (Lipinski definition) is 0. The third kappa shape index (κ3) is 2.85. The lowest BCUT2D eigenvalue weighted by Crippen LogP contribution is -2.38. The lowest BCUT2D eigenvalue weighted by Gasteiger charge is -2.23. The molecule has 6 heteroatoms. The normalized spacial score (nSPS) is 22.4. The van der Waals surface area contributed by atoms with Crippen LogP contribution in [0.1, 0.15) is 28.8 Å². The van der Waals surface area contributed by atoms with Crippen LogP contribution in [0.5, 0.6) is 5.75 Å². The molecule has 136 valence electrons. The van der Waals surface area contributed by atoms with Crippen molar-refractivity contribution in [3.8, 4) is 5.75 Å². The van der Waals surface area contributed by atoms with Gasteiger partial charge < -0.3 is 19.0 Å².